The molecule has 0 aliphatic rings. The molecule has 0 fully saturated rings. The van der Waals surface area contributed by atoms with Crippen LogP contribution in [-0.4, -0.2) is 30.3 Å². The number of aryl methyl sites for hydroxylation is 1. The number of rotatable bonds is 5. The van der Waals surface area contributed by atoms with Crippen molar-refractivity contribution in [3.63, 3.8) is 0 Å². The second-order valence-electron chi connectivity index (χ2n) is 5.86. The molecule has 0 spiro atoms. The van der Waals surface area contributed by atoms with Crippen molar-refractivity contribution in [2.45, 2.75) is 19.9 Å². The molecule has 2 heterocycles. The normalized spacial score (nSPS) is 11.0. The molecule has 0 bridgehead atoms. The van der Waals surface area contributed by atoms with Gasteiger partial charge in [0.2, 0.25) is 11.7 Å². The van der Waals surface area contributed by atoms with Crippen LogP contribution in [-0.2, 0) is 13.0 Å². The van der Waals surface area contributed by atoms with Crippen LogP contribution in [0.5, 0.6) is 0 Å². The first kappa shape index (κ1) is 16.4. The molecule has 0 radical (unpaired) electrons. The second-order valence-corrected chi connectivity index (χ2v) is 6.29. The van der Waals surface area contributed by atoms with E-state index in [1.54, 1.807) is 12.1 Å². The minimum absolute atomic E-state index is 0.265. The van der Waals surface area contributed by atoms with E-state index in [1.165, 1.54) is 15.9 Å². The highest BCUT2D eigenvalue weighted by atomic mass is 35.5. The zero-order valence-electron chi connectivity index (χ0n) is 14.0. The molecule has 8 heteroatoms. The van der Waals surface area contributed by atoms with E-state index in [9.17, 15) is 0 Å². The van der Waals surface area contributed by atoms with Gasteiger partial charge in [0.25, 0.3) is 0 Å². The Kier molecular flexibility index (Phi) is 4.45. The molecular formula is C18H15ClN6O. The fourth-order valence-electron chi connectivity index (χ4n) is 2.55. The second kappa shape index (κ2) is 7.05. The lowest BCUT2D eigenvalue weighted by molar-refractivity contribution is 0.353. The zero-order valence-corrected chi connectivity index (χ0v) is 14.8. The predicted octanol–water partition coefficient (Wildman–Crippen LogP) is 3.32. The van der Waals surface area contributed by atoms with Crippen LogP contribution in [0, 0.1) is 6.92 Å². The Morgan fingerprint density at radius 3 is 2.69 bits per heavy atom. The first-order valence-electron chi connectivity index (χ1n) is 8.07. The van der Waals surface area contributed by atoms with E-state index in [0.29, 0.717) is 29.0 Å². The van der Waals surface area contributed by atoms with Crippen LogP contribution in [0.2, 0.25) is 5.02 Å². The molecule has 0 atom stereocenters. The average molecular weight is 367 g/mol. The van der Waals surface area contributed by atoms with Gasteiger partial charge in [-0.05, 0) is 47.5 Å². The number of benzene rings is 2. The minimum Gasteiger partial charge on any atom is -0.337 e. The molecule has 7 nitrogen and oxygen atoms in total. The topological polar surface area (TPSA) is 82.5 Å². The van der Waals surface area contributed by atoms with Crippen molar-refractivity contribution in [1.82, 2.24) is 30.3 Å². The first-order valence-corrected chi connectivity index (χ1v) is 8.45. The first-order chi connectivity index (χ1) is 12.7. The van der Waals surface area contributed by atoms with Crippen LogP contribution in [0.15, 0.2) is 53.1 Å². The van der Waals surface area contributed by atoms with Crippen molar-refractivity contribution in [3.05, 3.63) is 76.4 Å². The monoisotopic (exact) mass is 366 g/mol. The highest BCUT2D eigenvalue weighted by Crippen LogP contribution is 2.17. The third kappa shape index (κ3) is 3.62. The molecular weight excluding hydrogens is 352 g/mol. The van der Waals surface area contributed by atoms with Crippen LogP contribution in [0.25, 0.3) is 11.4 Å². The Morgan fingerprint density at radius 1 is 1.08 bits per heavy atom. The molecule has 2 aromatic heterocycles. The third-order valence-corrected chi connectivity index (χ3v) is 4.20. The Bertz CT molecular complexity index is 1020. The predicted molar refractivity (Wildman–Crippen MR) is 95.6 cm³/mol. The van der Waals surface area contributed by atoms with Gasteiger partial charge in [-0.3, -0.25) is 0 Å². The summed E-state index contributed by atoms with van der Waals surface area (Å²) in [4.78, 5) is 5.84. The van der Waals surface area contributed by atoms with Gasteiger partial charge >= 0.3 is 0 Å². The molecule has 4 rings (SSSR count). The summed E-state index contributed by atoms with van der Waals surface area (Å²) in [6, 6.07) is 15.4. The zero-order chi connectivity index (χ0) is 17.9. The van der Waals surface area contributed by atoms with E-state index in [4.69, 9.17) is 16.1 Å². The standard InChI is InChI=1S/C18H15ClN6O/c1-12-4-2-3-5-14(12)10-16-20-17(26-23-16)11-25-22-18(21-24-25)13-6-8-15(19)9-7-13/h2-9H,10-11H2,1H3. The van der Waals surface area contributed by atoms with Gasteiger partial charge in [0.1, 0.15) is 6.54 Å². The van der Waals surface area contributed by atoms with Gasteiger partial charge in [-0.25, -0.2) is 0 Å². The maximum absolute atomic E-state index is 5.89. The van der Waals surface area contributed by atoms with Crippen molar-refractivity contribution >= 4 is 11.6 Å². The van der Waals surface area contributed by atoms with E-state index in [-0.39, 0.29) is 6.54 Å². The SMILES string of the molecule is Cc1ccccc1Cc1noc(Cn2nnc(-c3ccc(Cl)cc3)n2)n1. The van der Waals surface area contributed by atoms with Crippen molar-refractivity contribution in [1.29, 1.82) is 0 Å². The summed E-state index contributed by atoms with van der Waals surface area (Å²) in [6.45, 7) is 2.33. The number of tetrazole rings is 1. The van der Waals surface area contributed by atoms with E-state index < -0.39 is 0 Å². The van der Waals surface area contributed by atoms with Crippen molar-refractivity contribution < 1.29 is 4.52 Å². The molecule has 0 saturated carbocycles. The summed E-state index contributed by atoms with van der Waals surface area (Å²) < 4.78 is 5.30. The Balaban J connectivity index is 1.46. The molecule has 26 heavy (non-hydrogen) atoms. The van der Waals surface area contributed by atoms with Crippen molar-refractivity contribution in [3.8, 4) is 11.4 Å². The molecule has 0 unspecified atom stereocenters. The van der Waals surface area contributed by atoms with E-state index in [0.717, 1.165) is 5.56 Å². The van der Waals surface area contributed by atoms with Gasteiger partial charge in [-0.15, -0.1) is 10.2 Å². The van der Waals surface area contributed by atoms with Gasteiger partial charge < -0.3 is 4.52 Å². The van der Waals surface area contributed by atoms with Gasteiger partial charge in [0.15, 0.2) is 5.82 Å². The van der Waals surface area contributed by atoms with E-state index in [1.807, 2.05) is 24.3 Å². The maximum atomic E-state index is 5.89. The fraction of sp³-hybridized carbons (Fsp3) is 0.167. The number of halogens is 1. The third-order valence-electron chi connectivity index (χ3n) is 3.95. The summed E-state index contributed by atoms with van der Waals surface area (Å²) in [5.41, 5.74) is 3.21. The largest absolute Gasteiger partial charge is 0.337 e. The van der Waals surface area contributed by atoms with Crippen LogP contribution >= 0.6 is 11.6 Å². The van der Waals surface area contributed by atoms with Crippen molar-refractivity contribution in [2.24, 2.45) is 0 Å². The van der Waals surface area contributed by atoms with Crippen molar-refractivity contribution in [2.75, 3.05) is 0 Å². The molecule has 130 valence electrons. The number of hydrogen-bond donors (Lipinski definition) is 0. The molecule has 0 aliphatic carbocycles. The van der Waals surface area contributed by atoms with Crippen LogP contribution in [0.4, 0.5) is 0 Å². The number of aromatic nitrogens is 6. The van der Waals surface area contributed by atoms with Gasteiger partial charge in [-0.1, -0.05) is 41.0 Å². The average Bonchev–Trinajstić information content (AvgIpc) is 3.28. The fourth-order valence-corrected chi connectivity index (χ4v) is 2.68. The van der Waals surface area contributed by atoms with Gasteiger partial charge in [-0.2, -0.15) is 9.78 Å². The summed E-state index contributed by atoms with van der Waals surface area (Å²) in [6.07, 6.45) is 0.622. The Hall–Kier alpha value is -3.06. The molecule has 2 aromatic carbocycles. The molecule has 0 saturated heterocycles. The van der Waals surface area contributed by atoms with E-state index >= 15 is 0 Å². The molecule has 0 aliphatic heterocycles. The Labute approximate surface area is 154 Å². The highest BCUT2D eigenvalue weighted by molar-refractivity contribution is 6.30. The lowest BCUT2D eigenvalue weighted by Gasteiger charge is -2.00. The van der Waals surface area contributed by atoms with E-state index in [2.05, 4.69) is 44.6 Å². The lowest BCUT2D eigenvalue weighted by Crippen LogP contribution is -2.04. The number of nitrogens with zero attached hydrogens (tertiary/aromatic N) is 6. The van der Waals surface area contributed by atoms with Crippen LogP contribution in [0.3, 0.4) is 0 Å². The summed E-state index contributed by atoms with van der Waals surface area (Å²) in [5, 5.41) is 17.1. The Morgan fingerprint density at radius 2 is 1.88 bits per heavy atom. The van der Waals surface area contributed by atoms with Crippen LogP contribution in [0.1, 0.15) is 22.8 Å². The lowest BCUT2D eigenvalue weighted by atomic mass is 10.1. The number of hydrogen-bond acceptors (Lipinski definition) is 6. The summed E-state index contributed by atoms with van der Waals surface area (Å²) in [5.74, 6) is 1.59. The minimum atomic E-state index is 0.265. The molecule has 0 amide bonds. The summed E-state index contributed by atoms with van der Waals surface area (Å²) in [7, 11) is 0. The molecule has 4 aromatic rings. The maximum Gasteiger partial charge on any atom is 0.250 e. The van der Waals surface area contributed by atoms with Gasteiger partial charge in [0.05, 0.1) is 0 Å². The smallest absolute Gasteiger partial charge is 0.250 e. The quantitative estimate of drug-likeness (QED) is 0.538. The van der Waals surface area contributed by atoms with Crippen LogP contribution < -0.4 is 0 Å². The highest BCUT2D eigenvalue weighted by Gasteiger charge is 2.12. The summed E-state index contributed by atoms with van der Waals surface area (Å²) >= 11 is 5.89. The molecule has 0 N–H and O–H groups in total. The van der Waals surface area contributed by atoms with Gasteiger partial charge in [0, 0.05) is 17.0 Å².